The second-order valence-electron chi connectivity index (χ2n) is 7.32. The third-order valence-corrected chi connectivity index (χ3v) is 5.54. The molecule has 0 aliphatic rings. The molecule has 0 radical (unpaired) electrons. The Morgan fingerprint density at radius 1 is 1.12 bits per heavy atom. The molecule has 2 heterocycles. The third-order valence-electron chi connectivity index (χ3n) is 4.72. The van der Waals surface area contributed by atoms with Gasteiger partial charge in [-0.25, -0.2) is 4.52 Å². The van der Waals surface area contributed by atoms with E-state index in [1.54, 1.807) is 35.6 Å². The Morgan fingerprint density at radius 2 is 1.85 bits per heavy atom. The maximum absolute atomic E-state index is 12.7. The molecule has 4 rings (SSSR count). The summed E-state index contributed by atoms with van der Waals surface area (Å²) < 4.78 is 1.60. The number of hydrogen-bond donors (Lipinski definition) is 2. The molecule has 168 valence electrons. The average molecular weight is 465 g/mol. The summed E-state index contributed by atoms with van der Waals surface area (Å²) in [6, 6.07) is 11.5. The second kappa shape index (κ2) is 8.67. The van der Waals surface area contributed by atoms with Gasteiger partial charge in [-0.05, 0) is 24.3 Å². The van der Waals surface area contributed by atoms with Crippen molar-refractivity contribution in [1.82, 2.24) is 14.6 Å². The van der Waals surface area contributed by atoms with Crippen molar-refractivity contribution >= 4 is 51.1 Å². The van der Waals surface area contributed by atoms with Crippen LogP contribution in [0, 0.1) is 10.1 Å². The number of amides is 2. The zero-order valence-electron chi connectivity index (χ0n) is 17.9. The molecule has 0 atom stereocenters. The normalized spacial score (nSPS) is 10.8. The highest BCUT2D eigenvalue weighted by atomic mass is 32.1. The first-order valence-electron chi connectivity index (χ1n) is 9.72. The molecule has 0 bridgehead atoms. The summed E-state index contributed by atoms with van der Waals surface area (Å²) in [5, 5.41) is 22.9. The second-order valence-corrected chi connectivity index (χ2v) is 8.15. The summed E-state index contributed by atoms with van der Waals surface area (Å²) in [6.07, 6.45) is 0. The van der Waals surface area contributed by atoms with E-state index in [4.69, 9.17) is 0 Å². The average Bonchev–Trinajstić information content (AvgIpc) is 3.33. The Bertz CT molecular complexity index is 1380. The van der Waals surface area contributed by atoms with E-state index in [2.05, 4.69) is 20.7 Å². The van der Waals surface area contributed by atoms with Gasteiger partial charge in [-0.3, -0.25) is 25.0 Å². The first kappa shape index (κ1) is 21.9. The molecule has 2 aromatic heterocycles. The van der Waals surface area contributed by atoms with Crippen molar-refractivity contribution in [3.63, 3.8) is 0 Å². The van der Waals surface area contributed by atoms with Crippen molar-refractivity contribution in [2.24, 2.45) is 0 Å². The fourth-order valence-corrected chi connectivity index (χ4v) is 4.05. The van der Waals surface area contributed by atoms with Gasteiger partial charge in [-0.15, -0.1) is 16.4 Å². The Hall–Kier alpha value is -4.32. The highest BCUT2D eigenvalue weighted by Crippen LogP contribution is 2.29. The van der Waals surface area contributed by atoms with Gasteiger partial charge in [0.15, 0.2) is 0 Å². The standard InChI is InChI=1S/C21H19N7O4S/c1-12(29)22-15-7-4-13(5-8-15)18-11-33-21-24-20(25-27(18)21)23-19(30)14-6-9-16(26(2)3)17(10-14)28(31)32/h4-11H,1-3H3,(H,22,29)(H,23,25,30). The van der Waals surface area contributed by atoms with Crippen LogP contribution in [0.1, 0.15) is 17.3 Å². The van der Waals surface area contributed by atoms with Crippen LogP contribution >= 0.6 is 11.3 Å². The number of nitrogens with zero attached hydrogens (tertiary/aromatic N) is 5. The first-order valence-corrected chi connectivity index (χ1v) is 10.6. The lowest BCUT2D eigenvalue weighted by Crippen LogP contribution is -2.15. The molecule has 12 heteroatoms. The number of anilines is 3. The highest BCUT2D eigenvalue weighted by Gasteiger charge is 2.20. The molecule has 0 fully saturated rings. The maximum atomic E-state index is 12.7. The van der Waals surface area contributed by atoms with Crippen LogP contribution in [0.2, 0.25) is 0 Å². The molecule has 33 heavy (non-hydrogen) atoms. The van der Waals surface area contributed by atoms with Crippen molar-refractivity contribution < 1.29 is 14.5 Å². The van der Waals surface area contributed by atoms with E-state index in [1.807, 2.05) is 17.5 Å². The summed E-state index contributed by atoms with van der Waals surface area (Å²) in [4.78, 5) is 41.2. The fraction of sp³-hybridized carbons (Fsp3) is 0.143. The Labute approximate surface area is 191 Å². The SMILES string of the molecule is CC(=O)Nc1ccc(-c2csc3nc(NC(=O)c4ccc(N(C)C)c([N+](=O)[O-])c4)nn23)cc1. The van der Waals surface area contributed by atoms with E-state index < -0.39 is 10.8 Å². The number of carbonyl (C=O) groups excluding carboxylic acids is 2. The number of aromatic nitrogens is 3. The predicted octanol–water partition coefficient (Wildman–Crippen LogP) is 3.64. The maximum Gasteiger partial charge on any atom is 0.293 e. The number of carbonyl (C=O) groups is 2. The molecular formula is C21H19N7O4S. The summed E-state index contributed by atoms with van der Waals surface area (Å²) in [6.45, 7) is 1.44. The molecule has 0 aliphatic carbocycles. The summed E-state index contributed by atoms with van der Waals surface area (Å²) in [5.74, 6) is -0.621. The lowest BCUT2D eigenvalue weighted by Gasteiger charge is -2.13. The smallest absolute Gasteiger partial charge is 0.293 e. The number of rotatable bonds is 6. The zero-order chi connectivity index (χ0) is 23.7. The van der Waals surface area contributed by atoms with Gasteiger partial charge < -0.3 is 10.2 Å². The lowest BCUT2D eigenvalue weighted by atomic mass is 10.1. The summed E-state index contributed by atoms with van der Waals surface area (Å²) >= 11 is 1.35. The van der Waals surface area contributed by atoms with Crippen LogP contribution in [0.25, 0.3) is 16.2 Å². The zero-order valence-corrected chi connectivity index (χ0v) is 18.7. The molecule has 11 nitrogen and oxygen atoms in total. The van der Waals surface area contributed by atoms with Gasteiger partial charge in [0.25, 0.3) is 17.5 Å². The van der Waals surface area contributed by atoms with Gasteiger partial charge in [0.2, 0.25) is 10.9 Å². The van der Waals surface area contributed by atoms with Crippen molar-refractivity contribution in [3.8, 4) is 11.3 Å². The van der Waals surface area contributed by atoms with Crippen LogP contribution in [0.3, 0.4) is 0 Å². The van der Waals surface area contributed by atoms with Crippen molar-refractivity contribution in [2.45, 2.75) is 6.92 Å². The molecule has 2 N–H and O–H groups in total. The number of fused-ring (bicyclic) bond motifs is 1. The largest absolute Gasteiger partial charge is 0.372 e. The quantitative estimate of drug-likeness (QED) is 0.328. The van der Waals surface area contributed by atoms with Gasteiger partial charge in [0.1, 0.15) is 5.69 Å². The van der Waals surface area contributed by atoms with Crippen LogP contribution in [0.5, 0.6) is 0 Å². The number of hydrogen-bond acceptors (Lipinski definition) is 8. The van der Waals surface area contributed by atoms with Gasteiger partial charge in [-0.1, -0.05) is 12.1 Å². The van der Waals surface area contributed by atoms with Gasteiger partial charge >= 0.3 is 0 Å². The van der Waals surface area contributed by atoms with Crippen LogP contribution in [-0.2, 0) is 4.79 Å². The van der Waals surface area contributed by atoms with E-state index in [0.29, 0.717) is 16.3 Å². The van der Waals surface area contributed by atoms with Crippen LogP contribution in [0.4, 0.5) is 23.0 Å². The molecule has 0 aliphatic heterocycles. The minimum atomic E-state index is -0.553. The molecule has 0 unspecified atom stereocenters. The highest BCUT2D eigenvalue weighted by molar-refractivity contribution is 7.15. The van der Waals surface area contributed by atoms with Crippen LogP contribution < -0.4 is 15.5 Å². The summed E-state index contributed by atoms with van der Waals surface area (Å²) in [7, 11) is 3.38. The van der Waals surface area contributed by atoms with E-state index in [1.165, 1.54) is 36.5 Å². The Balaban J connectivity index is 1.58. The molecule has 2 aromatic carbocycles. The topological polar surface area (TPSA) is 135 Å². The number of thiazole rings is 1. The van der Waals surface area contributed by atoms with Crippen molar-refractivity contribution in [2.75, 3.05) is 29.6 Å². The molecule has 0 saturated carbocycles. The number of nitro benzene ring substituents is 1. The van der Waals surface area contributed by atoms with E-state index in [-0.39, 0.29) is 23.1 Å². The molecule has 4 aromatic rings. The monoisotopic (exact) mass is 465 g/mol. The molecule has 0 saturated heterocycles. The van der Waals surface area contributed by atoms with Crippen molar-refractivity contribution in [1.29, 1.82) is 0 Å². The minimum Gasteiger partial charge on any atom is -0.372 e. The molecule has 2 amide bonds. The number of nitrogens with one attached hydrogen (secondary N) is 2. The van der Waals surface area contributed by atoms with Crippen molar-refractivity contribution in [3.05, 3.63) is 63.5 Å². The Kier molecular flexibility index (Phi) is 5.75. The lowest BCUT2D eigenvalue weighted by molar-refractivity contribution is -0.384. The van der Waals surface area contributed by atoms with E-state index in [9.17, 15) is 19.7 Å². The predicted molar refractivity (Wildman–Crippen MR) is 126 cm³/mol. The van der Waals surface area contributed by atoms with Gasteiger partial charge in [0.05, 0.1) is 10.6 Å². The molecule has 0 spiro atoms. The van der Waals surface area contributed by atoms with Crippen LogP contribution in [0.15, 0.2) is 47.8 Å². The van der Waals surface area contributed by atoms with E-state index >= 15 is 0 Å². The third kappa shape index (κ3) is 4.50. The number of benzene rings is 2. The van der Waals surface area contributed by atoms with Gasteiger partial charge in [0, 0.05) is 49.3 Å². The Morgan fingerprint density at radius 3 is 2.48 bits per heavy atom. The van der Waals surface area contributed by atoms with E-state index in [0.717, 1.165) is 11.3 Å². The van der Waals surface area contributed by atoms with Crippen LogP contribution in [-0.4, -0.2) is 45.4 Å². The summed E-state index contributed by atoms with van der Waals surface area (Å²) in [5.41, 5.74) is 2.65. The van der Waals surface area contributed by atoms with Gasteiger partial charge in [-0.2, -0.15) is 4.98 Å². The molecular weight excluding hydrogens is 446 g/mol. The number of nitro groups is 1. The minimum absolute atomic E-state index is 0.0855. The first-order chi connectivity index (χ1) is 15.7. The fourth-order valence-electron chi connectivity index (χ4n) is 3.22.